The summed E-state index contributed by atoms with van der Waals surface area (Å²) in [5, 5.41) is 0. The average molecular weight is 188 g/mol. The summed E-state index contributed by atoms with van der Waals surface area (Å²) in [5.41, 5.74) is 0. The summed E-state index contributed by atoms with van der Waals surface area (Å²) in [6.45, 7) is 2.86. The van der Waals surface area contributed by atoms with Crippen LogP contribution in [0.5, 0.6) is 0 Å². The maximum absolute atomic E-state index is 10.4. The minimum atomic E-state index is -0.181. The average Bonchev–Trinajstić information content (AvgIpc) is 2.09. The van der Waals surface area contributed by atoms with Crippen molar-refractivity contribution in [1.29, 1.82) is 0 Å². The van der Waals surface area contributed by atoms with Crippen LogP contribution >= 0.6 is 0 Å². The first-order valence-corrected chi connectivity index (χ1v) is 4.89. The molecule has 0 bridgehead atoms. The second kappa shape index (κ2) is 9.52. The van der Waals surface area contributed by atoms with Crippen molar-refractivity contribution in [1.82, 2.24) is 0 Å². The van der Waals surface area contributed by atoms with Gasteiger partial charge in [-0.05, 0) is 12.8 Å². The van der Waals surface area contributed by atoms with E-state index in [4.69, 9.17) is 9.47 Å². The summed E-state index contributed by atoms with van der Waals surface area (Å²) in [6, 6.07) is 0. The van der Waals surface area contributed by atoms with Crippen molar-refractivity contribution in [3.8, 4) is 0 Å². The highest BCUT2D eigenvalue weighted by molar-refractivity contribution is 5.65. The number of methoxy groups -OCH3 is 1. The van der Waals surface area contributed by atoms with Crippen molar-refractivity contribution in [2.75, 3.05) is 20.3 Å². The fourth-order valence-corrected chi connectivity index (χ4v) is 1.09. The molecule has 3 nitrogen and oxygen atoms in total. The quantitative estimate of drug-likeness (QED) is 0.432. The molecule has 0 saturated carbocycles. The third-order valence-electron chi connectivity index (χ3n) is 1.80. The largest absolute Gasteiger partial charge is 0.466 e. The van der Waals surface area contributed by atoms with Crippen molar-refractivity contribution < 1.29 is 14.3 Å². The van der Waals surface area contributed by atoms with E-state index in [0.717, 1.165) is 25.9 Å². The topological polar surface area (TPSA) is 35.5 Å². The molecule has 0 aliphatic carbocycles. The van der Waals surface area contributed by atoms with Crippen LogP contribution in [0.25, 0.3) is 0 Å². The third-order valence-corrected chi connectivity index (χ3v) is 1.80. The molecule has 0 aliphatic heterocycles. The number of ether oxygens (including phenoxy) is 2. The van der Waals surface area contributed by atoms with E-state index in [1.165, 1.54) is 19.8 Å². The van der Waals surface area contributed by atoms with Gasteiger partial charge in [-0.1, -0.05) is 19.3 Å². The molecule has 0 fully saturated rings. The van der Waals surface area contributed by atoms with E-state index in [9.17, 15) is 4.79 Å². The van der Waals surface area contributed by atoms with E-state index in [1.807, 2.05) is 0 Å². The second-order valence-electron chi connectivity index (χ2n) is 3.10. The normalized spacial score (nSPS) is 10.0. The molecule has 3 heteroatoms. The highest BCUT2D eigenvalue weighted by atomic mass is 16.5. The van der Waals surface area contributed by atoms with Crippen molar-refractivity contribution in [2.24, 2.45) is 0 Å². The van der Waals surface area contributed by atoms with E-state index in [1.54, 1.807) is 7.11 Å². The Bertz CT molecular complexity index is 123. The van der Waals surface area contributed by atoms with Gasteiger partial charge in [-0.25, -0.2) is 0 Å². The predicted octanol–water partition coefficient (Wildman–Crippen LogP) is 2.15. The molecule has 0 saturated heterocycles. The summed E-state index contributed by atoms with van der Waals surface area (Å²) in [7, 11) is 1.72. The molecule has 0 aromatic heterocycles. The molecule has 13 heavy (non-hydrogen) atoms. The molecule has 0 N–H and O–H groups in total. The Balaban J connectivity index is 2.87. The smallest absolute Gasteiger partial charge is 0.302 e. The molecule has 0 amide bonds. The third kappa shape index (κ3) is 11.4. The van der Waals surface area contributed by atoms with Gasteiger partial charge in [-0.15, -0.1) is 0 Å². The molecular weight excluding hydrogens is 168 g/mol. The van der Waals surface area contributed by atoms with Gasteiger partial charge in [0.15, 0.2) is 0 Å². The molecule has 0 rings (SSSR count). The van der Waals surface area contributed by atoms with Gasteiger partial charge < -0.3 is 9.47 Å². The number of unbranched alkanes of at least 4 members (excludes halogenated alkanes) is 4. The molecule has 0 unspecified atom stereocenters. The van der Waals surface area contributed by atoms with Gasteiger partial charge in [0.05, 0.1) is 6.61 Å². The monoisotopic (exact) mass is 188 g/mol. The molecule has 0 spiro atoms. The van der Waals surface area contributed by atoms with Gasteiger partial charge >= 0.3 is 5.97 Å². The van der Waals surface area contributed by atoms with Gasteiger partial charge in [0.2, 0.25) is 0 Å². The van der Waals surface area contributed by atoms with Crippen LogP contribution in [0.1, 0.15) is 39.0 Å². The van der Waals surface area contributed by atoms with Crippen LogP contribution in [0.15, 0.2) is 0 Å². The fraction of sp³-hybridized carbons (Fsp3) is 0.900. The van der Waals surface area contributed by atoms with Gasteiger partial charge in [-0.2, -0.15) is 0 Å². The highest BCUT2D eigenvalue weighted by Gasteiger charge is 1.93. The molecule has 0 atom stereocenters. The Morgan fingerprint density at radius 3 is 2.08 bits per heavy atom. The minimum absolute atomic E-state index is 0.181. The van der Waals surface area contributed by atoms with E-state index in [2.05, 4.69) is 0 Å². The number of carbonyl (C=O) groups excluding carboxylic acids is 1. The molecule has 78 valence electrons. The number of hydrogen-bond donors (Lipinski definition) is 0. The van der Waals surface area contributed by atoms with Gasteiger partial charge in [-0.3, -0.25) is 4.79 Å². The maximum atomic E-state index is 10.4. The summed E-state index contributed by atoms with van der Waals surface area (Å²) in [6.07, 6.45) is 5.64. The molecule has 0 aliphatic rings. The lowest BCUT2D eigenvalue weighted by Crippen LogP contribution is -2.00. The molecule has 0 aromatic rings. The lowest BCUT2D eigenvalue weighted by Gasteiger charge is -2.01. The summed E-state index contributed by atoms with van der Waals surface area (Å²) >= 11 is 0. The second-order valence-corrected chi connectivity index (χ2v) is 3.10. The maximum Gasteiger partial charge on any atom is 0.302 e. The van der Waals surface area contributed by atoms with Crippen molar-refractivity contribution >= 4 is 5.97 Å². The van der Waals surface area contributed by atoms with Crippen LogP contribution in [-0.4, -0.2) is 26.3 Å². The fourth-order valence-electron chi connectivity index (χ4n) is 1.09. The Kier molecular flexibility index (Phi) is 9.10. The SMILES string of the molecule is COCCCCCCCOC(C)=O. The van der Waals surface area contributed by atoms with Crippen LogP contribution in [0, 0.1) is 0 Å². The van der Waals surface area contributed by atoms with Crippen molar-refractivity contribution in [3.63, 3.8) is 0 Å². The highest BCUT2D eigenvalue weighted by Crippen LogP contribution is 2.03. The van der Waals surface area contributed by atoms with Crippen LogP contribution in [0.3, 0.4) is 0 Å². The van der Waals surface area contributed by atoms with Crippen molar-refractivity contribution in [2.45, 2.75) is 39.0 Å². The van der Waals surface area contributed by atoms with E-state index in [0.29, 0.717) is 6.61 Å². The molecule has 0 aromatic carbocycles. The first-order valence-electron chi connectivity index (χ1n) is 4.89. The Labute approximate surface area is 80.4 Å². The lowest BCUT2D eigenvalue weighted by atomic mass is 10.1. The van der Waals surface area contributed by atoms with Gasteiger partial charge in [0.1, 0.15) is 0 Å². The summed E-state index contributed by atoms with van der Waals surface area (Å²) in [4.78, 5) is 10.4. The first kappa shape index (κ1) is 12.4. The number of rotatable bonds is 8. The molecule has 0 radical (unpaired) electrons. The van der Waals surface area contributed by atoms with Crippen LogP contribution in [-0.2, 0) is 14.3 Å². The zero-order valence-electron chi connectivity index (χ0n) is 8.67. The Hall–Kier alpha value is -0.570. The van der Waals surface area contributed by atoms with Crippen molar-refractivity contribution in [3.05, 3.63) is 0 Å². The molecular formula is C10H20O3. The first-order chi connectivity index (χ1) is 6.27. The zero-order chi connectivity index (χ0) is 9.94. The summed E-state index contributed by atoms with van der Waals surface area (Å²) in [5.74, 6) is -0.181. The van der Waals surface area contributed by atoms with Crippen LogP contribution in [0.4, 0.5) is 0 Å². The Morgan fingerprint density at radius 1 is 1.00 bits per heavy atom. The zero-order valence-corrected chi connectivity index (χ0v) is 8.67. The number of hydrogen-bond acceptors (Lipinski definition) is 3. The number of carbonyl (C=O) groups is 1. The van der Waals surface area contributed by atoms with E-state index >= 15 is 0 Å². The van der Waals surface area contributed by atoms with Gasteiger partial charge in [0, 0.05) is 20.6 Å². The van der Waals surface area contributed by atoms with Gasteiger partial charge in [0.25, 0.3) is 0 Å². The van der Waals surface area contributed by atoms with Crippen LogP contribution < -0.4 is 0 Å². The number of esters is 1. The Morgan fingerprint density at radius 2 is 1.54 bits per heavy atom. The standard InChI is InChI=1S/C10H20O3/c1-10(11)13-9-7-5-3-4-6-8-12-2/h3-9H2,1-2H3. The van der Waals surface area contributed by atoms with E-state index in [-0.39, 0.29) is 5.97 Å². The predicted molar refractivity (Wildman–Crippen MR) is 51.6 cm³/mol. The lowest BCUT2D eigenvalue weighted by molar-refractivity contribution is -0.141. The van der Waals surface area contributed by atoms with Crippen LogP contribution in [0.2, 0.25) is 0 Å². The molecule has 0 heterocycles. The van der Waals surface area contributed by atoms with E-state index < -0.39 is 0 Å². The summed E-state index contributed by atoms with van der Waals surface area (Å²) < 4.78 is 9.74. The minimum Gasteiger partial charge on any atom is -0.466 e.